The fourth-order valence-electron chi connectivity index (χ4n) is 5.10. The second kappa shape index (κ2) is 8.18. The van der Waals surface area contributed by atoms with E-state index < -0.39 is 10.1 Å². The van der Waals surface area contributed by atoms with E-state index >= 15 is 0 Å². The predicted octanol–water partition coefficient (Wildman–Crippen LogP) is 3.72. The van der Waals surface area contributed by atoms with Gasteiger partial charge in [-0.1, -0.05) is 6.07 Å². The molecule has 0 saturated heterocycles. The number of benzene rings is 3. The van der Waals surface area contributed by atoms with Crippen LogP contribution >= 0.6 is 0 Å². The van der Waals surface area contributed by atoms with Gasteiger partial charge in [-0.25, -0.2) is 0 Å². The van der Waals surface area contributed by atoms with E-state index in [1.54, 1.807) is 6.07 Å². The number of ether oxygens (including phenoxy) is 3. The van der Waals surface area contributed by atoms with Crippen LogP contribution in [0.1, 0.15) is 33.9 Å². The average Bonchev–Trinajstić information content (AvgIpc) is 3.34. The van der Waals surface area contributed by atoms with Crippen molar-refractivity contribution in [3.63, 3.8) is 0 Å². The lowest BCUT2D eigenvalue weighted by Crippen LogP contribution is -2.39. The molecule has 0 saturated carbocycles. The standard InChI is InChI=1S/C26H22N2O6S/c1-31-23-7-4-17-10-22-20-12-25-24(32-15-33-25)11-18(20)8-9-28(22)14-21(17)26(23)34-35(29,30)19-5-2-16(13-27)3-6-19/h2-7,11-12,22H,8-10,14-15H2,1H3. The molecule has 3 aromatic rings. The zero-order chi connectivity index (χ0) is 24.2. The third-order valence-electron chi connectivity index (χ3n) is 6.88. The van der Waals surface area contributed by atoms with Gasteiger partial charge in [-0.15, -0.1) is 0 Å². The van der Waals surface area contributed by atoms with Crippen molar-refractivity contribution in [2.75, 3.05) is 20.4 Å². The lowest BCUT2D eigenvalue weighted by atomic mass is 9.83. The minimum atomic E-state index is -4.13. The molecule has 8 nitrogen and oxygen atoms in total. The van der Waals surface area contributed by atoms with E-state index in [2.05, 4.69) is 17.0 Å². The second-order valence-corrected chi connectivity index (χ2v) is 10.3. The molecular weight excluding hydrogens is 468 g/mol. The maximum atomic E-state index is 13.1. The molecule has 6 rings (SSSR count). The molecule has 0 radical (unpaired) electrons. The zero-order valence-corrected chi connectivity index (χ0v) is 19.8. The Kier molecular flexibility index (Phi) is 5.09. The SMILES string of the molecule is COc1ccc2c(c1OS(=O)(=O)c1ccc(C#N)cc1)CN1CCc3cc4c(cc3C1C2)OCO4. The van der Waals surface area contributed by atoms with Gasteiger partial charge < -0.3 is 18.4 Å². The highest BCUT2D eigenvalue weighted by atomic mass is 32.2. The monoisotopic (exact) mass is 490 g/mol. The molecule has 0 spiro atoms. The molecular formula is C26H22N2O6S. The van der Waals surface area contributed by atoms with Crippen LogP contribution in [0, 0.1) is 11.3 Å². The first-order valence-corrected chi connectivity index (χ1v) is 12.7. The van der Waals surface area contributed by atoms with Crippen LogP contribution in [0.15, 0.2) is 53.4 Å². The molecule has 1 atom stereocenters. The number of rotatable bonds is 4. The first-order valence-electron chi connectivity index (χ1n) is 11.3. The van der Waals surface area contributed by atoms with Crippen molar-refractivity contribution in [1.82, 2.24) is 4.90 Å². The molecule has 0 amide bonds. The van der Waals surface area contributed by atoms with Gasteiger partial charge in [0.15, 0.2) is 23.0 Å². The Labute approximate surface area is 203 Å². The van der Waals surface area contributed by atoms with E-state index in [1.807, 2.05) is 12.1 Å². The van der Waals surface area contributed by atoms with Crippen molar-refractivity contribution in [3.8, 4) is 29.1 Å². The summed E-state index contributed by atoms with van der Waals surface area (Å²) >= 11 is 0. The molecule has 0 fully saturated rings. The zero-order valence-electron chi connectivity index (χ0n) is 19.0. The summed E-state index contributed by atoms with van der Waals surface area (Å²) in [5, 5.41) is 9.00. The van der Waals surface area contributed by atoms with Gasteiger partial charge in [0.2, 0.25) is 6.79 Å². The number of nitriles is 1. The third-order valence-corrected chi connectivity index (χ3v) is 8.12. The van der Waals surface area contributed by atoms with E-state index in [4.69, 9.17) is 23.7 Å². The Bertz CT molecular complexity index is 1480. The van der Waals surface area contributed by atoms with E-state index in [0.29, 0.717) is 24.3 Å². The van der Waals surface area contributed by atoms with Gasteiger partial charge in [-0.05, 0) is 72.0 Å². The van der Waals surface area contributed by atoms with Crippen molar-refractivity contribution in [2.24, 2.45) is 0 Å². The minimum absolute atomic E-state index is 0.0205. The fraction of sp³-hybridized carbons (Fsp3) is 0.269. The lowest BCUT2D eigenvalue weighted by Gasteiger charge is -2.42. The average molecular weight is 491 g/mol. The summed E-state index contributed by atoms with van der Waals surface area (Å²) in [4.78, 5) is 2.32. The summed E-state index contributed by atoms with van der Waals surface area (Å²) in [6, 6.07) is 15.7. The highest BCUT2D eigenvalue weighted by Crippen LogP contribution is 2.47. The first kappa shape index (κ1) is 21.8. The van der Waals surface area contributed by atoms with Crippen LogP contribution in [0.5, 0.6) is 23.0 Å². The summed E-state index contributed by atoms with van der Waals surface area (Å²) in [7, 11) is -2.63. The molecule has 3 aromatic carbocycles. The van der Waals surface area contributed by atoms with Gasteiger partial charge in [-0.3, -0.25) is 4.90 Å². The molecule has 178 valence electrons. The van der Waals surface area contributed by atoms with Crippen molar-refractivity contribution in [3.05, 3.63) is 76.3 Å². The molecule has 1 unspecified atom stereocenters. The molecule has 9 heteroatoms. The summed E-state index contributed by atoms with van der Waals surface area (Å²) in [5.41, 5.74) is 4.67. The van der Waals surface area contributed by atoms with Crippen molar-refractivity contribution >= 4 is 10.1 Å². The smallest absolute Gasteiger partial charge is 0.339 e. The van der Waals surface area contributed by atoms with Crippen LogP contribution in [0.2, 0.25) is 0 Å². The van der Waals surface area contributed by atoms with Crippen LogP contribution in [-0.4, -0.2) is 33.8 Å². The predicted molar refractivity (Wildman–Crippen MR) is 125 cm³/mol. The van der Waals surface area contributed by atoms with Crippen molar-refractivity contribution < 1.29 is 26.8 Å². The highest BCUT2D eigenvalue weighted by molar-refractivity contribution is 7.87. The van der Waals surface area contributed by atoms with E-state index in [0.717, 1.165) is 35.6 Å². The number of fused-ring (bicyclic) bond motifs is 5. The quantitative estimate of drug-likeness (QED) is 0.511. The summed E-state index contributed by atoms with van der Waals surface area (Å²) in [6.45, 7) is 1.60. The van der Waals surface area contributed by atoms with Crippen LogP contribution in [0.25, 0.3) is 0 Å². The van der Waals surface area contributed by atoms with Gasteiger partial charge >= 0.3 is 10.1 Å². The second-order valence-electron chi connectivity index (χ2n) is 8.75. The normalized spacial score (nSPS) is 18.1. The number of nitrogens with zero attached hydrogens (tertiary/aromatic N) is 2. The number of hydrogen-bond donors (Lipinski definition) is 0. The molecule has 3 heterocycles. The van der Waals surface area contributed by atoms with Gasteiger partial charge in [-0.2, -0.15) is 13.7 Å². The summed E-state index contributed by atoms with van der Waals surface area (Å²) in [5.74, 6) is 2.13. The maximum Gasteiger partial charge on any atom is 0.339 e. The topological polar surface area (TPSA) is 98.1 Å². The van der Waals surface area contributed by atoms with Crippen LogP contribution in [0.3, 0.4) is 0 Å². The Hall–Kier alpha value is -3.74. The molecule has 0 N–H and O–H groups in total. The number of hydrogen-bond acceptors (Lipinski definition) is 8. The van der Waals surface area contributed by atoms with Crippen LogP contribution < -0.4 is 18.4 Å². The first-order chi connectivity index (χ1) is 17.0. The van der Waals surface area contributed by atoms with E-state index in [1.165, 1.54) is 42.5 Å². The van der Waals surface area contributed by atoms with Gasteiger partial charge in [0.05, 0.1) is 18.7 Å². The number of methoxy groups -OCH3 is 1. The Morgan fingerprint density at radius 1 is 1.06 bits per heavy atom. The molecule has 3 aliphatic rings. The van der Waals surface area contributed by atoms with E-state index in [9.17, 15) is 8.42 Å². The largest absolute Gasteiger partial charge is 0.493 e. The molecule has 0 aromatic heterocycles. The minimum Gasteiger partial charge on any atom is -0.493 e. The maximum absolute atomic E-state index is 13.1. The highest BCUT2D eigenvalue weighted by Gasteiger charge is 2.36. The Balaban J connectivity index is 1.37. The molecule has 3 aliphatic heterocycles. The van der Waals surface area contributed by atoms with E-state index in [-0.39, 0.29) is 23.5 Å². The summed E-state index contributed by atoms with van der Waals surface area (Å²) < 4.78 is 48.6. The van der Waals surface area contributed by atoms with Crippen molar-refractivity contribution in [1.29, 1.82) is 5.26 Å². The lowest BCUT2D eigenvalue weighted by molar-refractivity contribution is 0.159. The van der Waals surface area contributed by atoms with Gasteiger partial charge in [0, 0.05) is 24.7 Å². The Morgan fingerprint density at radius 3 is 2.57 bits per heavy atom. The van der Waals surface area contributed by atoms with Gasteiger partial charge in [0.25, 0.3) is 0 Å². The molecule has 0 aliphatic carbocycles. The Morgan fingerprint density at radius 2 is 1.83 bits per heavy atom. The third kappa shape index (κ3) is 3.66. The van der Waals surface area contributed by atoms with Gasteiger partial charge in [0.1, 0.15) is 4.90 Å². The van der Waals surface area contributed by atoms with Crippen LogP contribution in [-0.2, 0) is 29.5 Å². The fourth-order valence-corrected chi connectivity index (χ4v) is 6.07. The molecule has 0 bridgehead atoms. The summed E-state index contributed by atoms with van der Waals surface area (Å²) in [6.07, 6.45) is 1.57. The van der Waals surface area contributed by atoms with Crippen molar-refractivity contribution in [2.45, 2.75) is 30.3 Å². The molecule has 35 heavy (non-hydrogen) atoms. The van der Waals surface area contributed by atoms with Crippen LogP contribution in [0.4, 0.5) is 0 Å².